The summed E-state index contributed by atoms with van der Waals surface area (Å²) < 4.78 is 34.5. The summed E-state index contributed by atoms with van der Waals surface area (Å²) in [7, 11) is -1.93. The standard InChI is InChI=1S/C13H23N3O4S/c1-9-12(10(2)15(5)14-9)21(18,19)16-6-11(7-17)20-13(3,4)8-16/h11,17H,6-8H2,1-5H3. The molecule has 2 rings (SSSR count). The van der Waals surface area contributed by atoms with Crippen molar-refractivity contribution in [3.63, 3.8) is 0 Å². The lowest BCUT2D eigenvalue weighted by Gasteiger charge is -2.41. The Kier molecular flexibility index (Phi) is 4.18. The number of rotatable bonds is 3. The lowest BCUT2D eigenvalue weighted by atomic mass is 10.1. The van der Waals surface area contributed by atoms with E-state index in [9.17, 15) is 13.5 Å². The van der Waals surface area contributed by atoms with Gasteiger partial charge in [0.2, 0.25) is 10.0 Å². The number of hydrogen-bond donors (Lipinski definition) is 1. The molecule has 0 amide bonds. The molecule has 7 nitrogen and oxygen atoms in total. The fraction of sp³-hybridized carbons (Fsp3) is 0.769. The van der Waals surface area contributed by atoms with Gasteiger partial charge in [-0.2, -0.15) is 9.40 Å². The number of aliphatic hydroxyl groups is 1. The van der Waals surface area contributed by atoms with Crippen LogP contribution in [0.5, 0.6) is 0 Å². The molecule has 1 unspecified atom stereocenters. The monoisotopic (exact) mass is 317 g/mol. The van der Waals surface area contributed by atoms with Gasteiger partial charge in [0.25, 0.3) is 0 Å². The molecule has 1 aromatic rings. The highest BCUT2D eigenvalue weighted by Gasteiger charge is 2.40. The highest BCUT2D eigenvalue weighted by atomic mass is 32.2. The van der Waals surface area contributed by atoms with Crippen LogP contribution in [0.1, 0.15) is 25.2 Å². The first-order chi connectivity index (χ1) is 9.58. The Labute approximate surface area is 125 Å². The Morgan fingerprint density at radius 1 is 1.43 bits per heavy atom. The number of aromatic nitrogens is 2. The van der Waals surface area contributed by atoms with Crippen LogP contribution in [0.25, 0.3) is 0 Å². The Hall–Kier alpha value is -0.960. The zero-order valence-electron chi connectivity index (χ0n) is 13.1. The minimum absolute atomic E-state index is 0.149. The van der Waals surface area contributed by atoms with Gasteiger partial charge in [0.05, 0.1) is 29.7 Å². The maximum absolute atomic E-state index is 12.9. The molecular weight excluding hydrogens is 294 g/mol. The van der Waals surface area contributed by atoms with Crippen LogP contribution < -0.4 is 0 Å². The molecule has 0 saturated carbocycles. The topological polar surface area (TPSA) is 84.7 Å². The summed E-state index contributed by atoms with van der Waals surface area (Å²) in [6.45, 7) is 7.26. The normalized spacial score (nSPS) is 23.4. The van der Waals surface area contributed by atoms with E-state index in [1.165, 1.54) is 4.31 Å². The molecule has 0 spiro atoms. The van der Waals surface area contributed by atoms with E-state index in [4.69, 9.17) is 4.74 Å². The van der Waals surface area contributed by atoms with Crippen molar-refractivity contribution in [2.24, 2.45) is 7.05 Å². The van der Waals surface area contributed by atoms with Gasteiger partial charge in [-0.05, 0) is 27.7 Å². The molecule has 0 aromatic carbocycles. The quantitative estimate of drug-likeness (QED) is 0.861. The van der Waals surface area contributed by atoms with E-state index in [2.05, 4.69) is 5.10 Å². The fourth-order valence-corrected chi connectivity index (χ4v) is 4.80. The molecule has 0 bridgehead atoms. The lowest BCUT2D eigenvalue weighted by molar-refractivity contribution is -0.131. The Morgan fingerprint density at radius 3 is 2.52 bits per heavy atom. The second-order valence-electron chi connectivity index (χ2n) is 6.10. The van der Waals surface area contributed by atoms with Crippen molar-refractivity contribution < 1.29 is 18.3 Å². The van der Waals surface area contributed by atoms with Crippen LogP contribution in [0.4, 0.5) is 0 Å². The number of aliphatic hydroxyl groups excluding tert-OH is 1. The zero-order valence-corrected chi connectivity index (χ0v) is 13.9. The van der Waals surface area contributed by atoms with Gasteiger partial charge in [-0.15, -0.1) is 0 Å². The summed E-state index contributed by atoms with van der Waals surface area (Å²) in [4.78, 5) is 0.249. The van der Waals surface area contributed by atoms with E-state index in [0.717, 1.165) is 0 Å². The molecule has 1 atom stereocenters. The van der Waals surface area contributed by atoms with Gasteiger partial charge in [0.15, 0.2) is 0 Å². The third kappa shape index (κ3) is 2.98. The second kappa shape index (κ2) is 5.35. The number of aryl methyl sites for hydroxylation is 2. The minimum Gasteiger partial charge on any atom is -0.394 e. The molecule has 8 heteroatoms. The first-order valence-corrected chi connectivity index (χ1v) is 8.31. The summed E-state index contributed by atoms with van der Waals surface area (Å²) in [5, 5.41) is 13.5. The van der Waals surface area contributed by atoms with Gasteiger partial charge in [-0.25, -0.2) is 8.42 Å². The van der Waals surface area contributed by atoms with E-state index in [1.54, 1.807) is 25.6 Å². The van der Waals surface area contributed by atoms with Crippen molar-refractivity contribution >= 4 is 10.0 Å². The number of ether oxygens (including phenoxy) is 1. The smallest absolute Gasteiger partial charge is 0.246 e. The first-order valence-electron chi connectivity index (χ1n) is 6.87. The molecule has 1 N–H and O–H groups in total. The molecular formula is C13H23N3O4S. The molecule has 2 heterocycles. The number of sulfonamides is 1. The summed E-state index contributed by atoms with van der Waals surface area (Å²) in [5.41, 5.74) is 0.458. The predicted octanol–water partition coefficient (Wildman–Crippen LogP) is 0.197. The van der Waals surface area contributed by atoms with Gasteiger partial charge >= 0.3 is 0 Å². The van der Waals surface area contributed by atoms with Gasteiger partial charge in [-0.1, -0.05) is 0 Å². The van der Waals surface area contributed by atoms with Crippen molar-refractivity contribution in [1.29, 1.82) is 0 Å². The van der Waals surface area contributed by atoms with Crippen molar-refractivity contribution in [2.75, 3.05) is 19.7 Å². The predicted molar refractivity (Wildman–Crippen MR) is 77.5 cm³/mol. The number of hydrogen-bond acceptors (Lipinski definition) is 5. The fourth-order valence-electron chi connectivity index (χ4n) is 2.78. The van der Waals surface area contributed by atoms with Gasteiger partial charge in [0.1, 0.15) is 4.90 Å². The van der Waals surface area contributed by atoms with Crippen LogP contribution in [0.2, 0.25) is 0 Å². The third-order valence-corrected chi connectivity index (χ3v) is 5.76. The molecule has 21 heavy (non-hydrogen) atoms. The summed E-state index contributed by atoms with van der Waals surface area (Å²) in [6.07, 6.45) is -0.513. The lowest BCUT2D eigenvalue weighted by Crippen LogP contribution is -2.55. The third-order valence-electron chi connectivity index (χ3n) is 3.69. The van der Waals surface area contributed by atoms with Crippen LogP contribution in [0.15, 0.2) is 4.90 Å². The highest BCUT2D eigenvalue weighted by molar-refractivity contribution is 7.89. The molecule has 1 fully saturated rings. The zero-order chi connectivity index (χ0) is 16.0. The molecule has 1 aliphatic rings. The SMILES string of the molecule is Cc1nn(C)c(C)c1S(=O)(=O)N1CC(CO)OC(C)(C)C1. The van der Waals surface area contributed by atoms with Crippen molar-refractivity contribution in [3.8, 4) is 0 Å². The van der Waals surface area contributed by atoms with E-state index < -0.39 is 21.7 Å². The average Bonchev–Trinajstić information content (AvgIpc) is 2.61. The van der Waals surface area contributed by atoms with E-state index in [-0.39, 0.29) is 24.6 Å². The Bertz CT molecular complexity index is 636. The molecule has 0 aliphatic carbocycles. The molecule has 1 aliphatic heterocycles. The molecule has 1 saturated heterocycles. The van der Waals surface area contributed by atoms with E-state index in [1.807, 2.05) is 13.8 Å². The Morgan fingerprint density at radius 2 is 2.05 bits per heavy atom. The average molecular weight is 317 g/mol. The van der Waals surface area contributed by atoms with E-state index in [0.29, 0.717) is 11.4 Å². The molecule has 1 aromatic heterocycles. The van der Waals surface area contributed by atoms with Crippen molar-refractivity contribution in [2.45, 2.75) is 44.3 Å². The van der Waals surface area contributed by atoms with Gasteiger partial charge in [-0.3, -0.25) is 4.68 Å². The maximum Gasteiger partial charge on any atom is 0.246 e. The van der Waals surface area contributed by atoms with Crippen molar-refractivity contribution in [1.82, 2.24) is 14.1 Å². The van der Waals surface area contributed by atoms with E-state index >= 15 is 0 Å². The summed E-state index contributed by atoms with van der Waals surface area (Å²) in [6, 6.07) is 0. The summed E-state index contributed by atoms with van der Waals surface area (Å²) >= 11 is 0. The Balaban J connectivity index is 2.43. The minimum atomic E-state index is -3.66. The van der Waals surface area contributed by atoms with Crippen molar-refractivity contribution in [3.05, 3.63) is 11.4 Å². The second-order valence-corrected chi connectivity index (χ2v) is 7.98. The van der Waals surface area contributed by atoms with Crippen LogP contribution in [0, 0.1) is 13.8 Å². The largest absolute Gasteiger partial charge is 0.394 e. The van der Waals surface area contributed by atoms with Crippen LogP contribution in [-0.2, 0) is 21.8 Å². The number of morpholine rings is 1. The number of nitrogens with zero attached hydrogens (tertiary/aromatic N) is 3. The van der Waals surface area contributed by atoms with Crippen LogP contribution in [-0.4, -0.2) is 59.0 Å². The molecule has 120 valence electrons. The maximum atomic E-state index is 12.9. The van der Waals surface area contributed by atoms with Crippen LogP contribution in [0.3, 0.4) is 0 Å². The van der Waals surface area contributed by atoms with Crippen LogP contribution >= 0.6 is 0 Å². The highest BCUT2D eigenvalue weighted by Crippen LogP contribution is 2.29. The van der Waals surface area contributed by atoms with Gasteiger partial charge < -0.3 is 9.84 Å². The first kappa shape index (κ1) is 16.4. The van der Waals surface area contributed by atoms with Gasteiger partial charge in [0, 0.05) is 20.1 Å². The molecule has 0 radical (unpaired) electrons. The summed E-state index contributed by atoms with van der Waals surface area (Å²) in [5.74, 6) is 0.